The first kappa shape index (κ1) is 22.9. The van der Waals surface area contributed by atoms with Crippen molar-refractivity contribution in [1.82, 2.24) is 9.80 Å². The molecule has 5 heteroatoms. The predicted molar refractivity (Wildman–Crippen MR) is 135 cm³/mol. The highest BCUT2D eigenvalue weighted by molar-refractivity contribution is 5.83. The number of hydrogen-bond acceptors (Lipinski definition) is 3. The molecule has 2 heterocycles. The Kier molecular flexibility index (Phi) is 5.81. The molecular formula is C30H35FN2O2. The zero-order valence-electron chi connectivity index (χ0n) is 20.6. The third kappa shape index (κ3) is 3.84. The van der Waals surface area contributed by atoms with E-state index in [9.17, 15) is 14.3 Å². The fourth-order valence-corrected chi connectivity index (χ4v) is 7.00. The number of piperidine rings is 1. The Hall–Kier alpha value is -2.50. The number of amides is 1. The van der Waals surface area contributed by atoms with E-state index in [4.69, 9.17) is 0 Å². The lowest BCUT2D eigenvalue weighted by atomic mass is 9.66. The van der Waals surface area contributed by atoms with Gasteiger partial charge in [-0.3, -0.25) is 9.69 Å². The van der Waals surface area contributed by atoms with Crippen LogP contribution in [0.3, 0.4) is 0 Å². The van der Waals surface area contributed by atoms with E-state index in [0.717, 1.165) is 51.7 Å². The monoisotopic (exact) mass is 474 g/mol. The molecule has 1 spiro atoms. The molecule has 2 aromatic rings. The van der Waals surface area contributed by atoms with Crippen molar-refractivity contribution in [2.75, 3.05) is 26.2 Å². The quantitative estimate of drug-likeness (QED) is 0.697. The van der Waals surface area contributed by atoms with Gasteiger partial charge in [0.25, 0.3) is 0 Å². The third-order valence-corrected chi connectivity index (χ3v) is 9.10. The van der Waals surface area contributed by atoms with E-state index in [2.05, 4.69) is 34.9 Å². The summed E-state index contributed by atoms with van der Waals surface area (Å²) in [6, 6.07) is 13.6. The average molecular weight is 475 g/mol. The van der Waals surface area contributed by atoms with Crippen LogP contribution in [-0.4, -0.2) is 53.1 Å². The molecule has 35 heavy (non-hydrogen) atoms. The number of aliphatic hydroxyl groups is 1. The van der Waals surface area contributed by atoms with Crippen molar-refractivity contribution < 1.29 is 14.3 Å². The van der Waals surface area contributed by atoms with Gasteiger partial charge in [0, 0.05) is 43.1 Å². The normalized spacial score (nSPS) is 23.9. The number of aryl methyl sites for hydroxylation is 1. The zero-order chi connectivity index (χ0) is 24.2. The van der Waals surface area contributed by atoms with Crippen LogP contribution in [0, 0.1) is 24.1 Å². The molecule has 1 amide bonds. The number of fused-ring (bicyclic) bond motifs is 3. The second-order valence-corrected chi connectivity index (χ2v) is 11.2. The summed E-state index contributed by atoms with van der Waals surface area (Å²) in [5.41, 5.74) is 7.23. The highest BCUT2D eigenvalue weighted by Gasteiger charge is 2.50. The van der Waals surface area contributed by atoms with Crippen molar-refractivity contribution in [2.24, 2.45) is 11.3 Å². The van der Waals surface area contributed by atoms with Gasteiger partial charge in [0.1, 0.15) is 5.82 Å². The first-order valence-corrected chi connectivity index (χ1v) is 13.2. The standard InChI is InChI=1S/C30H35FN2O2/c1-20-9-10-24-23(15-20)16-25-27(18-34)33(17-22-5-2-3-8-26(22)31)19-30(28(24)25)11-13-32(14-12-30)29(35)21-6-4-7-21/h2-3,5,8-10,15,21,27,34H,4,6-7,11-14,16-19H2,1H3/t27-/m0/s1. The van der Waals surface area contributed by atoms with Crippen LogP contribution in [0.15, 0.2) is 48.0 Å². The lowest BCUT2D eigenvalue weighted by molar-refractivity contribution is -0.140. The molecule has 184 valence electrons. The maximum Gasteiger partial charge on any atom is 0.225 e. The Bertz CT molecular complexity index is 1180. The molecule has 1 atom stereocenters. The molecule has 1 saturated heterocycles. The predicted octanol–water partition coefficient (Wildman–Crippen LogP) is 4.73. The minimum atomic E-state index is -0.190. The van der Waals surface area contributed by atoms with Crippen LogP contribution < -0.4 is 0 Å². The number of halogens is 1. The first-order chi connectivity index (χ1) is 17.0. The molecule has 6 rings (SSSR count). The summed E-state index contributed by atoms with van der Waals surface area (Å²) in [6.07, 6.45) is 5.94. The van der Waals surface area contributed by atoms with Gasteiger partial charge in [-0.1, -0.05) is 48.4 Å². The van der Waals surface area contributed by atoms with E-state index in [1.54, 1.807) is 6.07 Å². The Morgan fingerprint density at radius 1 is 1.14 bits per heavy atom. The number of hydrogen-bond donors (Lipinski definition) is 1. The van der Waals surface area contributed by atoms with Gasteiger partial charge < -0.3 is 10.0 Å². The molecule has 0 radical (unpaired) electrons. The minimum absolute atomic E-state index is 0.0304. The SMILES string of the molecule is Cc1ccc2c(c1)CC1=C2C2(CCN(C(=O)C3CCC3)CC2)CN(Cc2ccccc2F)[C@H]1CO. The molecule has 1 saturated carbocycles. The molecule has 0 bridgehead atoms. The lowest BCUT2D eigenvalue weighted by Crippen LogP contribution is -2.55. The Morgan fingerprint density at radius 2 is 1.91 bits per heavy atom. The number of rotatable bonds is 4. The van der Waals surface area contributed by atoms with E-state index < -0.39 is 0 Å². The fraction of sp³-hybridized carbons (Fsp3) is 0.500. The van der Waals surface area contributed by atoms with Gasteiger partial charge >= 0.3 is 0 Å². The van der Waals surface area contributed by atoms with Gasteiger partial charge in [-0.25, -0.2) is 4.39 Å². The second kappa shape index (κ2) is 8.86. The molecule has 4 nitrogen and oxygen atoms in total. The van der Waals surface area contributed by atoms with Crippen molar-refractivity contribution >= 4 is 11.5 Å². The van der Waals surface area contributed by atoms with Crippen LogP contribution >= 0.6 is 0 Å². The van der Waals surface area contributed by atoms with Crippen LogP contribution in [0.1, 0.15) is 54.4 Å². The van der Waals surface area contributed by atoms with Gasteiger partial charge in [-0.05, 0) is 67.4 Å². The fourth-order valence-electron chi connectivity index (χ4n) is 7.00. The molecular weight excluding hydrogens is 439 g/mol. The lowest BCUT2D eigenvalue weighted by Gasteiger charge is -2.52. The smallest absolute Gasteiger partial charge is 0.225 e. The van der Waals surface area contributed by atoms with E-state index in [1.165, 1.54) is 40.3 Å². The summed E-state index contributed by atoms with van der Waals surface area (Å²) in [7, 11) is 0. The number of carbonyl (C=O) groups excluding carboxylic acids is 1. The van der Waals surface area contributed by atoms with Crippen LogP contribution in [0.4, 0.5) is 4.39 Å². The van der Waals surface area contributed by atoms with E-state index in [-0.39, 0.29) is 29.8 Å². The maximum absolute atomic E-state index is 14.6. The van der Waals surface area contributed by atoms with Crippen molar-refractivity contribution in [1.29, 1.82) is 0 Å². The largest absolute Gasteiger partial charge is 0.394 e. The topological polar surface area (TPSA) is 43.8 Å². The number of carbonyl (C=O) groups is 1. The van der Waals surface area contributed by atoms with Crippen LogP contribution in [0.2, 0.25) is 0 Å². The van der Waals surface area contributed by atoms with Gasteiger partial charge in [0.05, 0.1) is 12.6 Å². The summed E-state index contributed by atoms with van der Waals surface area (Å²) in [5, 5.41) is 10.6. The van der Waals surface area contributed by atoms with Gasteiger partial charge in [-0.2, -0.15) is 0 Å². The average Bonchev–Trinajstić information content (AvgIpc) is 3.19. The Balaban J connectivity index is 1.36. The van der Waals surface area contributed by atoms with Crippen LogP contribution in [0.25, 0.3) is 5.57 Å². The van der Waals surface area contributed by atoms with Crippen LogP contribution in [0.5, 0.6) is 0 Å². The summed E-state index contributed by atoms with van der Waals surface area (Å²) in [5.74, 6) is 0.385. The number of aliphatic hydroxyl groups excluding tert-OH is 1. The third-order valence-electron chi connectivity index (χ3n) is 9.10. The molecule has 0 aromatic heterocycles. The highest BCUT2D eigenvalue weighted by atomic mass is 19.1. The second-order valence-electron chi connectivity index (χ2n) is 11.2. The van der Waals surface area contributed by atoms with E-state index in [0.29, 0.717) is 18.0 Å². The molecule has 0 unspecified atom stereocenters. The summed E-state index contributed by atoms with van der Waals surface area (Å²) >= 11 is 0. The number of benzene rings is 2. The number of nitrogens with zero attached hydrogens (tertiary/aromatic N) is 2. The maximum atomic E-state index is 14.6. The minimum Gasteiger partial charge on any atom is -0.394 e. The molecule has 2 fully saturated rings. The molecule has 2 aliphatic carbocycles. The molecule has 2 aromatic carbocycles. The van der Waals surface area contributed by atoms with E-state index in [1.807, 2.05) is 12.1 Å². The molecule has 1 N–H and O–H groups in total. The zero-order valence-corrected chi connectivity index (χ0v) is 20.6. The summed E-state index contributed by atoms with van der Waals surface area (Å²) in [6.45, 7) is 4.99. The Labute approximate surface area is 207 Å². The van der Waals surface area contributed by atoms with E-state index >= 15 is 0 Å². The van der Waals surface area contributed by atoms with Gasteiger partial charge in [0.15, 0.2) is 0 Å². The van der Waals surface area contributed by atoms with Crippen molar-refractivity contribution in [3.63, 3.8) is 0 Å². The summed E-state index contributed by atoms with van der Waals surface area (Å²) in [4.78, 5) is 17.4. The summed E-state index contributed by atoms with van der Waals surface area (Å²) < 4.78 is 14.6. The molecule has 2 aliphatic heterocycles. The highest BCUT2D eigenvalue weighted by Crippen LogP contribution is 2.55. The molecule has 4 aliphatic rings. The number of likely N-dealkylation sites (tertiary alicyclic amines) is 1. The van der Waals surface area contributed by atoms with Gasteiger partial charge in [0.2, 0.25) is 5.91 Å². The van der Waals surface area contributed by atoms with Crippen molar-refractivity contribution in [3.05, 3.63) is 76.1 Å². The van der Waals surface area contributed by atoms with Crippen molar-refractivity contribution in [2.45, 2.75) is 58.0 Å². The Morgan fingerprint density at radius 3 is 2.60 bits per heavy atom. The first-order valence-electron chi connectivity index (χ1n) is 13.2. The van der Waals surface area contributed by atoms with Crippen molar-refractivity contribution in [3.8, 4) is 0 Å². The van der Waals surface area contributed by atoms with Gasteiger partial charge in [-0.15, -0.1) is 0 Å². The van der Waals surface area contributed by atoms with Crippen LogP contribution in [-0.2, 0) is 17.8 Å².